The Morgan fingerprint density at radius 3 is 1.82 bits per heavy atom. The molecule has 1 aromatic heterocycles. The van der Waals surface area contributed by atoms with Crippen molar-refractivity contribution in [2.45, 2.75) is 0 Å². The molecule has 0 unspecified atom stereocenters. The van der Waals surface area contributed by atoms with Crippen molar-refractivity contribution < 1.29 is 4.42 Å². The third kappa shape index (κ3) is 3.65. The zero-order valence-electron chi connectivity index (χ0n) is 21.8. The molecule has 1 heterocycles. The van der Waals surface area contributed by atoms with Crippen LogP contribution >= 0.6 is 0 Å². The monoisotopic (exact) mass is 511 g/mol. The Kier molecular flexibility index (Phi) is 5.17. The summed E-state index contributed by atoms with van der Waals surface area (Å²) in [5.74, 6) is 0. The van der Waals surface area contributed by atoms with Gasteiger partial charge in [0.05, 0.1) is 0 Å². The van der Waals surface area contributed by atoms with Crippen LogP contribution < -0.4 is 4.90 Å². The van der Waals surface area contributed by atoms with E-state index < -0.39 is 0 Å². The minimum atomic E-state index is 0.924. The molecule has 40 heavy (non-hydrogen) atoms. The molecule has 0 atom stereocenters. The summed E-state index contributed by atoms with van der Waals surface area (Å²) in [5.41, 5.74) is 7.65. The average molecular weight is 512 g/mol. The molecule has 8 aromatic rings. The number of rotatable bonds is 4. The topological polar surface area (TPSA) is 16.4 Å². The van der Waals surface area contributed by atoms with Gasteiger partial charge in [-0.05, 0) is 75.8 Å². The fraction of sp³-hybridized carbons (Fsp3) is 0. The zero-order chi connectivity index (χ0) is 26.5. The van der Waals surface area contributed by atoms with Crippen LogP contribution in [0.15, 0.2) is 156 Å². The van der Waals surface area contributed by atoms with Crippen molar-refractivity contribution in [3.63, 3.8) is 0 Å². The van der Waals surface area contributed by atoms with Crippen LogP contribution in [0.25, 0.3) is 54.6 Å². The first kappa shape index (κ1) is 22.6. The van der Waals surface area contributed by atoms with E-state index in [9.17, 15) is 0 Å². The molecule has 0 radical (unpaired) electrons. The Bertz CT molecular complexity index is 2140. The summed E-state index contributed by atoms with van der Waals surface area (Å²) in [6, 6.07) is 53.7. The molecule has 0 saturated heterocycles. The van der Waals surface area contributed by atoms with E-state index in [0.29, 0.717) is 0 Å². The maximum Gasteiger partial charge on any atom is 0.143 e. The van der Waals surface area contributed by atoms with E-state index >= 15 is 0 Å². The van der Waals surface area contributed by atoms with Crippen molar-refractivity contribution in [3.8, 4) is 11.1 Å². The lowest BCUT2D eigenvalue weighted by atomic mass is 9.98. The normalized spacial score (nSPS) is 11.5. The number of fused-ring (bicyclic) bond motifs is 7. The second-order valence-electron chi connectivity index (χ2n) is 10.2. The standard InChI is InChI=1S/C38H25NO/c1-3-9-26(10-4-1)27-17-20-31(21-18-27)39(30-11-5-2-6-12-30)32-22-24-33-29(25-32)16-15-28-19-23-35-34-13-7-8-14-36(34)40-38(35)37(28)33/h1-25H. The van der Waals surface area contributed by atoms with Crippen molar-refractivity contribution in [2.24, 2.45) is 0 Å². The molecule has 0 N–H and O–H groups in total. The van der Waals surface area contributed by atoms with Gasteiger partial charge in [0.25, 0.3) is 0 Å². The number of hydrogen-bond acceptors (Lipinski definition) is 2. The molecule has 188 valence electrons. The van der Waals surface area contributed by atoms with Crippen LogP contribution in [-0.2, 0) is 0 Å². The highest BCUT2D eigenvalue weighted by Crippen LogP contribution is 2.41. The Balaban J connectivity index is 1.30. The van der Waals surface area contributed by atoms with Crippen LogP contribution in [-0.4, -0.2) is 0 Å². The van der Waals surface area contributed by atoms with Gasteiger partial charge in [0.2, 0.25) is 0 Å². The van der Waals surface area contributed by atoms with Crippen molar-refractivity contribution in [1.82, 2.24) is 0 Å². The quantitative estimate of drug-likeness (QED) is 0.218. The van der Waals surface area contributed by atoms with Crippen molar-refractivity contribution in [2.75, 3.05) is 4.90 Å². The summed E-state index contributed by atoms with van der Waals surface area (Å²) in [7, 11) is 0. The average Bonchev–Trinajstić information content (AvgIpc) is 3.41. The van der Waals surface area contributed by atoms with E-state index in [2.05, 4.69) is 144 Å². The van der Waals surface area contributed by atoms with Gasteiger partial charge >= 0.3 is 0 Å². The van der Waals surface area contributed by atoms with E-state index in [-0.39, 0.29) is 0 Å². The van der Waals surface area contributed by atoms with Gasteiger partial charge in [0.1, 0.15) is 11.2 Å². The van der Waals surface area contributed by atoms with Crippen molar-refractivity contribution >= 4 is 60.5 Å². The van der Waals surface area contributed by atoms with Crippen LogP contribution in [0.3, 0.4) is 0 Å². The first-order valence-corrected chi connectivity index (χ1v) is 13.6. The molecule has 0 spiro atoms. The molecule has 7 aromatic carbocycles. The van der Waals surface area contributed by atoms with Crippen LogP contribution in [0.4, 0.5) is 17.1 Å². The Morgan fingerprint density at radius 2 is 1.00 bits per heavy atom. The predicted octanol–water partition coefficient (Wildman–Crippen LogP) is 11.0. The summed E-state index contributed by atoms with van der Waals surface area (Å²) in [6.45, 7) is 0. The van der Waals surface area contributed by atoms with Gasteiger partial charge in [-0.2, -0.15) is 0 Å². The molecule has 2 nitrogen and oxygen atoms in total. The fourth-order valence-electron chi connectivity index (χ4n) is 5.91. The van der Waals surface area contributed by atoms with Crippen molar-refractivity contribution in [1.29, 1.82) is 0 Å². The maximum atomic E-state index is 6.43. The summed E-state index contributed by atoms with van der Waals surface area (Å²) in [5, 5.41) is 7.03. The van der Waals surface area contributed by atoms with E-state index in [1.54, 1.807) is 0 Å². The van der Waals surface area contributed by atoms with E-state index in [4.69, 9.17) is 4.42 Å². The van der Waals surface area contributed by atoms with Crippen LogP contribution in [0, 0.1) is 0 Å². The maximum absolute atomic E-state index is 6.43. The van der Waals surface area contributed by atoms with E-state index in [1.165, 1.54) is 27.3 Å². The first-order chi connectivity index (χ1) is 19.8. The minimum absolute atomic E-state index is 0.924. The van der Waals surface area contributed by atoms with Gasteiger partial charge in [-0.25, -0.2) is 0 Å². The van der Waals surface area contributed by atoms with Crippen LogP contribution in [0.1, 0.15) is 0 Å². The predicted molar refractivity (Wildman–Crippen MR) is 169 cm³/mol. The van der Waals surface area contributed by atoms with E-state index in [1.807, 2.05) is 12.1 Å². The Morgan fingerprint density at radius 1 is 0.400 bits per heavy atom. The van der Waals surface area contributed by atoms with Crippen LogP contribution in [0.5, 0.6) is 0 Å². The summed E-state index contributed by atoms with van der Waals surface area (Å²) in [4.78, 5) is 2.32. The molecular weight excluding hydrogens is 486 g/mol. The number of hydrogen-bond donors (Lipinski definition) is 0. The molecule has 0 fully saturated rings. The van der Waals surface area contributed by atoms with Gasteiger partial charge < -0.3 is 9.32 Å². The molecule has 8 rings (SSSR count). The number of furan rings is 1. The van der Waals surface area contributed by atoms with Gasteiger partial charge in [-0.3, -0.25) is 0 Å². The van der Waals surface area contributed by atoms with Gasteiger partial charge in [-0.1, -0.05) is 103 Å². The highest BCUT2D eigenvalue weighted by atomic mass is 16.3. The van der Waals surface area contributed by atoms with Gasteiger partial charge in [-0.15, -0.1) is 0 Å². The number of anilines is 3. The summed E-state index contributed by atoms with van der Waals surface area (Å²) < 4.78 is 6.43. The first-order valence-electron chi connectivity index (χ1n) is 13.6. The molecule has 0 saturated carbocycles. The minimum Gasteiger partial charge on any atom is -0.455 e. The SMILES string of the molecule is c1ccc(-c2ccc(N(c3ccccc3)c3ccc4c(ccc5ccc6c7ccccc7oc6c54)c3)cc2)cc1. The number of nitrogens with zero attached hydrogens (tertiary/aromatic N) is 1. The highest BCUT2D eigenvalue weighted by Gasteiger charge is 2.16. The molecule has 0 bridgehead atoms. The summed E-state index contributed by atoms with van der Waals surface area (Å²) >= 11 is 0. The third-order valence-corrected chi connectivity index (χ3v) is 7.83. The van der Waals surface area contributed by atoms with E-state index in [0.717, 1.165) is 44.4 Å². The lowest BCUT2D eigenvalue weighted by Gasteiger charge is -2.26. The van der Waals surface area contributed by atoms with Gasteiger partial charge in [0, 0.05) is 33.2 Å². The summed E-state index contributed by atoms with van der Waals surface area (Å²) in [6.07, 6.45) is 0. The smallest absolute Gasteiger partial charge is 0.143 e. The molecule has 0 amide bonds. The molecule has 0 aliphatic rings. The fourth-order valence-corrected chi connectivity index (χ4v) is 5.91. The van der Waals surface area contributed by atoms with Gasteiger partial charge in [0.15, 0.2) is 0 Å². The lowest BCUT2D eigenvalue weighted by Crippen LogP contribution is -2.09. The third-order valence-electron chi connectivity index (χ3n) is 7.83. The molecule has 0 aliphatic heterocycles. The highest BCUT2D eigenvalue weighted by molar-refractivity contribution is 6.23. The molecule has 0 aliphatic carbocycles. The molecular formula is C38H25NO. The number of para-hydroxylation sites is 2. The zero-order valence-corrected chi connectivity index (χ0v) is 21.8. The lowest BCUT2D eigenvalue weighted by molar-refractivity contribution is 0.673. The molecule has 2 heteroatoms. The Hall–Kier alpha value is -5.34. The Labute approximate surface area is 232 Å². The number of benzene rings is 7. The van der Waals surface area contributed by atoms with Crippen molar-refractivity contribution in [3.05, 3.63) is 152 Å². The second-order valence-corrected chi connectivity index (χ2v) is 10.2. The van der Waals surface area contributed by atoms with Crippen LogP contribution in [0.2, 0.25) is 0 Å². The second kappa shape index (κ2) is 9.14. The largest absolute Gasteiger partial charge is 0.455 e.